The van der Waals surface area contributed by atoms with E-state index in [9.17, 15) is 14.7 Å². The van der Waals surface area contributed by atoms with Crippen molar-refractivity contribution in [2.75, 3.05) is 19.1 Å². The highest BCUT2D eigenvalue weighted by Gasteiger charge is 2.49. The molecule has 1 saturated heterocycles. The van der Waals surface area contributed by atoms with Gasteiger partial charge in [0.05, 0.1) is 46.3 Å². The lowest BCUT2D eigenvalue weighted by Gasteiger charge is -2.22. The number of pyridine rings is 1. The van der Waals surface area contributed by atoms with E-state index in [1.165, 1.54) is 35.5 Å². The molecular formula is C26H19Cl2N3O5S. The number of nitrogens with zero attached hydrogens (tertiary/aromatic N) is 3. The largest absolute Gasteiger partial charge is 0.507 e. The number of benzene rings is 2. The van der Waals surface area contributed by atoms with Gasteiger partial charge in [-0.1, -0.05) is 40.6 Å². The number of aliphatic hydroxyl groups is 1. The molecule has 8 nitrogen and oxygen atoms in total. The highest BCUT2D eigenvalue weighted by atomic mass is 35.5. The van der Waals surface area contributed by atoms with E-state index in [2.05, 4.69) is 9.97 Å². The van der Waals surface area contributed by atoms with Crippen LogP contribution in [0.4, 0.5) is 5.13 Å². The van der Waals surface area contributed by atoms with Gasteiger partial charge in [0.25, 0.3) is 5.78 Å². The van der Waals surface area contributed by atoms with Crippen molar-refractivity contribution in [2.24, 2.45) is 0 Å². The number of fused-ring (bicyclic) bond motifs is 1. The van der Waals surface area contributed by atoms with Gasteiger partial charge >= 0.3 is 5.91 Å². The number of ketones is 1. The maximum atomic E-state index is 13.5. The second kappa shape index (κ2) is 9.66. The number of aromatic nitrogens is 2. The number of carbonyl (C=O) groups excluding carboxylic acids is 2. The lowest BCUT2D eigenvalue weighted by molar-refractivity contribution is -0.132. The first-order valence-electron chi connectivity index (χ1n) is 11.0. The molecule has 4 aromatic rings. The molecule has 1 atom stereocenters. The number of aryl methyl sites for hydroxylation is 1. The SMILES string of the molecule is COc1cc2sc(N3C(=O)C(=O)/C(=C(/O)c4cc(Cl)cc(Cl)c4OC)C3c3ccccn3)nc2cc1C. The Labute approximate surface area is 225 Å². The maximum Gasteiger partial charge on any atom is 0.301 e. The third kappa shape index (κ3) is 4.19. The smallest absolute Gasteiger partial charge is 0.301 e. The number of carbonyl (C=O) groups is 2. The number of halogens is 2. The average Bonchev–Trinajstić information content (AvgIpc) is 3.40. The highest BCUT2D eigenvalue weighted by Crippen LogP contribution is 2.46. The third-order valence-corrected chi connectivity index (χ3v) is 7.50. The summed E-state index contributed by atoms with van der Waals surface area (Å²) in [5, 5.41) is 12.1. The summed E-state index contributed by atoms with van der Waals surface area (Å²) in [6.45, 7) is 1.89. The lowest BCUT2D eigenvalue weighted by Crippen LogP contribution is -2.29. The molecule has 1 unspecified atom stereocenters. The van der Waals surface area contributed by atoms with Crippen LogP contribution in [0.5, 0.6) is 11.5 Å². The van der Waals surface area contributed by atoms with Gasteiger partial charge in [-0.15, -0.1) is 0 Å². The number of amides is 1. The van der Waals surface area contributed by atoms with Crippen LogP contribution in [0, 0.1) is 6.92 Å². The molecule has 188 valence electrons. The Hall–Kier alpha value is -3.66. The molecule has 1 aliphatic rings. The molecule has 3 heterocycles. The van der Waals surface area contributed by atoms with Crippen LogP contribution in [0.25, 0.3) is 16.0 Å². The summed E-state index contributed by atoms with van der Waals surface area (Å²) < 4.78 is 11.5. The summed E-state index contributed by atoms with van der Waals surface area (Å²) in [4.78, 5) is 37.2. The van der Waals surface area contributed by atoms with Gasteiger partial charge in [0, 0.05) is 11.2 Å². The van der Waals surface area contributed by atoms with Gasteiger partial charge < -0.3 is 14.6 Å². The Morgan fingerprint density at radius 3 is 2.57 bits per heavy atom. The number of Topliss-reactive ketones (excluding diaryl/α,β-unsaturated/α-hetero) is 1. The summed E-state index contributed by atoms with van der Waals surface area (Å²) in [5.41, 5.74) is 1.77. The van der Waals surface area contributed by atoms with Crippen LogP contribution in [0.2, 0.25) is 10.0 Å². The fourth-order valence-electron chi connectivity index (χ4n) is 4.31. The monoisotopic (exact) mass is 555 g/mol. The summed E-state index contributed by atoms with van der Waals surface area (Å²) >= 11 is 13.7. The predicted octanol–water partition coefficient (Wildman–Crippen LogP) is 5.95. The van der Waals surface area contributed by atoms with Gasteiger partial charge in [-0.2, -0.15) is 0 Å². The zero-order chi connectivity index (χ0) is 26.4. The molecule has 2 aromatic carbocycles. The molecular weight excluding hydrogens is 537 g/mol. The van der Waals surface area contributed by atoms with Gasteiger partial charge in [0.15, 0.2) is 5.13 Å². The van der Waals surface area contributed by atoms with E-state index in [1.807, 2.05) is 19.1 Å². The summed E-state index contributed by atoms with van der Waals surface area (Å²) in [5.74, 6) is -1.46. The van der Waals surface area contributed by atoms with Crippen LogP contribution >= 0.6 is 34.5 Å². The fraction of sp³-hybridized carbons (Fsp3) is 0.154. The van der Waals surface area contributed by atoms with Crippen molar-refractivity contribution >= 4 is 67.3 Å². The van der Waals surface area contributed by atoms with E-state index in [0.717, 1.165) is 10.3 Å². The Kier molecular flexibility index (Phi) is 6.53. The van der Waals surface area contributed by atoms with E-state index in [0.29, 0.717) is 17.0 Å². The summed E-state index contributed by atoms with van der Waals surface area (Å²) in [7, 11) is 2.95. The molecule has 0 spiro atoms. The standard InChI is InChI=1S/C26H19Cl2N3O5S/c1-12-8-17-19(11-18(12)35-2)37-26(30-17)31-21(16-6-4-5-7-29-16)20(23(33)25(31)34)22(32)14-9-13(27)10-15(28)24(14)36-3/h4-11,21,32H,1-3H3/b22-20+. The van der Waals surface area contributed by atoms with Crippen molar-refractivity contribution < 1.29 is 24.2 Å². The number of methoxy groups -OCH3 is 2. The normalized spacial score (nSPS) is 17.0. The Balaban J connectivity index is 1.76. The van der Waals surface area contributed by atoms with Crippen LogP contribution in [0.15, 0.2) is 54.2 Å². The quantitative estimate of drug-likeness (QED) is 0.184. The van der Waals surface area contributed by atoms with E-state index in [-0.39, 0.29) is 32.1 Å². The van der Waals surface area contributed by atoms with Crippen LogP contribution < -0.4 is 14.4 Å². The van der Waals surface area contributed by atoms with E-state index >= 15 is 0 Å². The number of ether oxygens (including phenoxy) is 2. The van der Waals surface area contributed by atoms with Crippen LogP contribution in [0.1, 0.15) is 22.9 Å². The first kappa shape index (κ1) is 25.0. The Bertz CT molecular complexity index is 1600. The number of hydrogen-bond donors (Lipinski definition) is 1. The van der Waals surface area contributed by atoms with Crippen molar-refractivity contribution in [3.63, 3.8) is 0 Å². The van der Waals surface area contributed by atoms with Crippen molar-refractivity contribution in [2.45, 2.75) is 13.0 Å². The lowest BCUT2D eigenvalue weighted by atomic mass is 9.98. The molecule has 37 heavy (non-hydrogen) atoms. The molecule has 1 N–H and O–H groups in total. The van der Waals surface area contributed by atoms with Crippen LogP contribution in [-0.2, 0) is 9.59 Å². The van der Waals surface area contributed by atoms with Crippen molar-refractivity contribution in [3.8, 4) is 11.5 Å². The zero-order valence-electron chi connectivity index (χ0n) is 19.8. The Morgan fingerprint density at radius 1 is 1.11 bits per heavy atom. The molecule has 1 aliphatic heterocycles. The maximum absolute atomic E-state index is 13.5. The van der Waals surface area contributed by atoms with Gasteiger partial charge in [-0.3, -0.25) is 19.5 Å². The average molecular weight is 556 g/mol. The van der Waals surface area contributed by atoms with Crippen LogP contribution in [0.3, 0.4) is 0 Å². The second-order valence-electron chi connectivity index (χ2n) is 8.18. The first-order chi connectivity index (χ1) is 17.7. The fourth-order valence-corrected chi connectivity index (χ4v) is 5.88. The number of hydrogen-bond acceptors (Lipinski definition) is 8. The first-order valence-corrected chi connectivity index (χ1v) is 12.5. The second-order valence-corrected chi connectivity index (χ2v) is 10.0. The number of anilines is 1. The Morgan fingerprint density at radius 2 is 1.89 bits per heavy atom. The molecule has 11 heteroatoms. The third-order valence-electron chi connectivity index (χ3n) is 5.98. The topological polar surface area (TPSA) is 102 Å². The van der Waals surface area contributed by atoms with Gasteiger partial charge in [-0.25, -0.2) is 4.98 Å². The minimum absolute atomic E-state index is 0.0728. The summed E-state index contributed by atoms with van der Waals surface area (Å²) in [6, 6.07) is 10.6. The molecule has 0 saturated carbocycles. The molecule has 0 aliphatic carbocycles. The van der Waals surface area contributed by atoms with Gasteiger partial charge in [0.1, 0.15) is 23.3 Å². The minimum atomic E-state index is -1.06. The van der Waals surface area contributed by atoms with Crippen molar-refractivity contribution in [1.82, 2.24) is 9.97 Å². The number of thiazole rings is 1. The van der Waals surface area contributed by atoms with E-state index < -0.39 is 23.5 Å². The van der Waals surface area contributed by atoms with Gasteiger partial charge in [0.2, 0.25) is 0 Å². The van der Waals surface area contributed by atoms with Crippen molar-refractivity contribution in [1.29, 1.82) is 0 Å². The molecule has 1 amide bonds. The molecule has 2 aromatic heterocycles. The van der Waals surface area contributed by atoms with E-state index in [4.69, 9.17) is 32.7 Å². The number of rotatable bonds is 5. The van der Waals surface area contributed by atoms with Crippen LogP contribution in [-0.4, -0.2) is 41.0 Å². The zero-order valence-corrected chi connectivity index (χ0v) is 22.1. The minimum Gasteiger partial charge on any atom is -0.507 e. The van der Waals surface area contributed by atoms with Gasteiger partial charge in [-0.05, 0) is 48.9 Å². The number of aliphatic hydroxyl groups excluding tert-OH is 1. The van der Waals surface area contributed by atoms with Crippen molar-refractivity contribution in [3.05, 3.63) is 81.1 Å². The highest BCUT2D eigenvalue weighted by molar-refractivity contribution is 7.22. The predicted molar refractivity (Wildman–Crippen MR) is 143 cm³/mol. The molecule has 5 rings (SSSR count). The molecule has 0 radical (unpaired) electrons. The molecule has 0 bridgehead atoms. The molecule has 1 fully saturated rings. The van der Waals surface area contributed by atoms with E-state index in [1.54, 1.807) is 31.5 Å². The summed E-state index contributed by atoms with van der Waals surface area (Å²) in [6.07, 6.45) is 1.54.